The molecule has 1 unspecified atom stereocenters. The quantitative estimate of drug-likeness (QED) is 0.676. The minimum Gasteiger partial charge on any atom is -0.490 e. The molecule has 0 radical (unpaired) electrons. The number of ether oxygens (including phenoxy) is 3. The van der Waals surface area contributed by atoms with Crippen molar-refractivity contribution in [3.8, 4) is 11.5 Å². The Morgan fingerprint density at radius 1 is 1.12 bits per heavy atom. The molecular formula is C23H26N6O3. The van der Waals surface area contributed by atoms with E-state index in [0.29, 0.717) is 33.2 Å². The van der Waals surface area contributed by atoms with E-state index in [0.717, 1.165) is 53.0 Å². The summed E-state index contributed by atoms with van der Waals surface area (Å²) in [7, 11) is 1.72. The fourth-order valence-corrected chi connectivity index (χ4v) is 4.45. The van der Waals surface area contributed by atoms with Crippen molar-refractivity contribution in [2.45, 2.75) is 12.6 Å². The lowest BCUT2D eigenvalue weighted by Gasteiger charge is -2.41. The molecule has 3 aliphatic heterocycles. The fourth-order valence-electron chi connectivity index (χ4n) is 4.45. The second-order valence-corrected chi connectivity index (χ2v) is 8.15. The number of anilines is 1. The molecule has 0 saturated heterocycles. The number of nitrogens with zero attached hydrogens (tertiary/aromatic N) is 5. The Morgan fingerprint density at radius 3 is 2.91 bits per heavy atom. The average molecular weight is 435 g/mol. The number of hydrogen-bond donors (Lipinski definition) is 1. The first-order valence-corrected chi connectivity index (χ1v) is 11.0. The maximum absolute atomic E-state index is 5.96. The summed E-state index contributed by atoms with van der Waals surface area (Å²) in [6.07, 6.45) is 0.725. The molecule has 3 aromatic rings. The fraction of sp³-hybridized carbons (Fsp3) is 0.391. The van der Waals surface area contributed by atoms with Gasteiger partial charge in [0, 0.05) is 20.1 Å². The predicted octanol–water partition coefficient (Wildman–Crippen LogP) is 2.39. The Labute approximate surface area is 186 Å². The van der Waals surface area contributed by atoms with Crippen LogP contribution in [0.3, 0.4) is 0 Å². The largest absolute Gasteiger partial charge is 0.490 e. The van der Waals surface area contributed by atoms with Crippen molar-refractivity contribution in [2.75, 3.05) is 51.7 Å². The Hall–Kier alpha value is -3.30. The van der Waals surface area contributed by atoms with E-state index >= 15 is 0 Å². The number of aliphatic imine (C=N–C) groups is 1. The topological polar surface area (TPSA) is 76.4 Å². The highest BCUT2D eigenvalue weighted by Crippen LogP contribution is 2.37. The van der Waals surface area contributed by atoms with Gasteiger partial charge in [-0.25, -0.2) is 9.98 Å². The van der Waals surface area contributed by atoms with Crippen LogP contribution in [0.1, 0.15) is 18.2 Å². The van der Waals surface area contributed by atoms with Crippen molar-refractivity contribution in [3.63, 3.8) is 0 Å². The number of aromatic nitrogens is 2. The van der Waals surface area contributed by atoms with Gasteiger partial charge in [-0.15, -0.1) is 0 Å². The summed E-state index contributed by atoms with van der Waals surface area (Å²) >= 11 is 0. The van der Waals surface area contributed by atoms with E-state index in [1.165, 1.54) is 0 Å². The van der Waals surface area contributed by atoms with Crippen molar-refractivity contribution < 1.29 is 14.2 Å². The van der Waals surface area contributed by atoms with Crippen molar-refractivity contribution in [1.82, 2.24) is 19.8 Å². The predicted molar refractivity (Wildman–Crippen MR) is 121 cm³/mol. The first-order chi connectivity index (χ1) is 15.8. The van der Waals surface area contributed by atoms with Gasteiger partial charge >= 0.3 is 0 Å². The Kier molecular flexibility index (Phi) is 4.84. The number of para-hydroxylation sites is 2. The van der Waals surface area contributed by atoms with Gasteiger partial charge in [0.15, 0.2) is 11.5 Å². The third-order valence-corrected chi connectivity index (χ3v) is 6.06. The summed E-state index contributed by atoms with van der Waals surface area (Å²) in [5.41, 5.74) is 3.10. The standard InChI is InChI=1S/C23H26N6O3/c1-30-12-9-27-14-24-22-26-21(16-7-8-19-20(13-16)32-11-4-10-31-19)29-18-6-3-2-5-17(18)25-23(29)28(22)15-27/h2-3,5-8,13,21H,4,9-12,14-15H2,1H3,(H,24,26). The molecule has 1 N–H and O–H groups in total. The van der Waals surface area contributed by atoms with Crippen LogP contribution in [0.2, 0.25) is 0 Å². The molecule has 32 heavy (non-hydrogen) atoms. The van der Waals surface area contributed by atoms with Gasteiger partial charge < -0.3 is 19.5 Å². The van der Waals surface area contributed by atoms with Crippen LogP contribution in [0.15, 0.2) is 47.5 Å². The molecule has 1 aromatic heterocycles. The van der Waals surface area contributed by atoms with Crippen molar-refractivity contribution in [3.05, 3.63) is 48.0 Å². The second kappa shape index (κ2) is 7.99. The summed E-state index contributed by atoms with van der Waals surface area (Å²) in [6, 6.07) is 14.4. The Balaban J connectivity index is 1.44. The van der Waals surface area contributed by atoms with E-state index in [4.69, 9.17) is 24.2 Å². The van der Waals surface area contributed by atoms with Crippen molar-refractivity contribution >= 4 is 22.9 Å². The third-order valence-electron chi connectivity index (χ3n) is 6.06. The summed E-state index contributed by atoms with van der Waals surface area (Å²) in [6.45, 7) is 4.14. The van der Waals surface area contributed by atoms with Crippen LogP contribution in [-0.4, -0.2) is 67.2 Å². The van der Waals surface area contributed by atoms with Crippen LogP contribution in [0.5, 0.6) is 11.5 Å². The summed E-state index contributed by atoms with van der Waals surface area (Å²) in [4.78, 5) is 14.2. The molecule has 2 aromatic carbocycles. The molecule has 0 saturated carbocycles. The van der Waals surface area contributed by atoms with Gasteiger partial charge in [0.25, 0.3) is 0 Å². The highest BCUT2D eigenvalue weighted by atomic mass is 16.5. The normalized spacial score (nSPS) is 20.2. The highest BCUT2D eigenvalue weighted by Gasteiger charge is 2.36. The Morgan fingerprint density at radius 2 is 2.00 bits per heavy atom. The maximum Gasteiger partial charge on any atom is 0.216 e. The van der Waals surface area contributed by atoms with E-state index in [9.17, 15) is 0 Å². The maximum atomic E-state index is 5.96. The molecule has 0 spiro atoms. The SMILES string of the molecule is COCCN1CN=C2NC(c3ccc4c(c3)OCCCO4)n3c(nc4ccccc43)N2C1. The number of imidazole rings is 1. The molecule has 1 atom stereocenters. The lowest BCUT2D eigenvalue weighted by molar-refractivity contribution is 0.147. The molecule has 3 aliphatic rings. The van der Waals surface area contributed by atoms with Crippen LogP contribution in [0.4, 0.5) is 5.95 Å². The van der Waals surface area contributed by atoms with Crippen LogP contribution >= 0.6 is 0 Å². The van der Waals surface area contributed by atoms with E-state index in [1.807, 2.05) is 18.2 Å². The van der Waals surface area contributed by atoms with Gasteiger partial charge in [-0.05, 0) is 29.8 Å². The van der Waals surface area contributed by atoms with Crippen LogP contribution in [0, 0.1) is 0 Å². The smallest absolute Gasteiger partial charge is 0.216 e. The summed E-state index contributed by atoms with van der Waals surface area (Å²) < 4.78 is 19.3. The minimum absolute atomic E-state index is 0.157. The number of fused-ring (bicyclic) bond motifs is 6. The first-order valence-electron chi connectivity index (χ1n) is 11.0. The number of nitrogens with one attached hydrogen (secondary N) is 1. The lowest BCUT2D eigenvalue weighted by atomic mass is 10.1. The molecule has 0 aliphatic carbocycles. The molecule has 0 amide bonds. The number of benzene rings is 2. The van der Waals surface area contributed by atoms with Crippen molar-refractivity contribution in [1.29, 1.82) is 0 Å². The summed E-state index contributed by atoms with van der Waals surface area (Å²) in [5.74, 6) is 3.29. The number of methoxy groups -OCH3 is 1. The van der Waals surface area contributed by atoms with Crippen LogP contribution in [-0.2, 0) is 4.74 Å². The van der Waals surface area contributed by atoms with E-state index in [1.54, 1.807) is 7.11 Å². The molecule has 4 heterocycles. The van der Waals surface area contributed by atoms with E-state index < -0.39 is 0 Å². The van der Waals surface area contributed by atoms with Gasteiger partial charge in [0.2, 0.25) is 11.9 Å². The molecule has 9 heteroatoms. The number of guanidine groups is 1. The molecule has 0 fully saturated rings. The van der Waals surface area contributed by atoms with Gasteiger partial charge in [-0.1, -0.05) is 18.2 Å². The van der Waals surface area contributed by atoms with E-state index in [-0.39, 0.29) is 6.17 Å². The van der Waals surface area contributed by atoms with Crippen molar-refractivity contribution in [2.24, 2.45) is 4.99 Å². The molecule has 6 rings (SSSR count). The third kappa shape index (κ3) is 3.25. The molecule has 0 bridgehead atoms. The van der Waals surface area contributed by atoms with Gasteiger partial charge in [-0.3, -0.25) is 14.4 Å². The zero-order chi connectivity index (χ0) is 21.5. The van der Waals surface area contributed by atoms with Crippen LogP contribution in [0.25, 0.3) is 11.0 Å². The zero-order valence-electron chi connectivity index (χ0n) is 18.0. The summed E-state index contributed by atoms with van der Waals surface area (Å²) in [5, 5.41) is 3.65. The second-order valence-electron chi connectivity index (χ2n) is 8.15. The number of rotatable bonds is 4. The first kappa shape index (κ1) is 19.4. The van der Waals surface area contributed by atoms with E-state index in [2.05, 4.69) is 43.9 Å². The van der Waals surface area contributed by atoms with Crippen LogP contribution < -0.4 is 19.7 Å². The number of hydrogen-bond acceptors (Lipinski definition) is 8. The average Bonchev–Trinajstić information content (AvgIpc) is 3.06. The van der Waals surface area contributed by atoms with Gasteiger partial charge in [-0.2, -0.15) is 0 Å². The zero-order valence-corrected chi connectivity index (χ0v) is 18.0. The molecule has 166 valence electrons. The molecule has 9 nitrogen and oxygen atoms in total. The lowest BCUT2D eigenvalue weighted by Crippen LogP contribution is -2.57. The molecular weight excluding hydrogens is 408 g/mol. The monoisotopic (exact) mass is 434 g/mol. The minimum atomic E-state index is -0.157. The van der Waals surface area contributed by atoms with Gasteiger partial charge in [0.1, 0.15) is 6.17 Å². The Bertz CT molecular complexity index is 1180. The van der Waals surface area contributed by atoms with Gasteiger partial charge in [0.05, 0.1) is 44.2 Å². The highest BCUT2D eigenvalue weighted by molar-refractivity contribution is 5.98.